The van der Waals surface area contributed by atoms with Crippen LogP contribution in [0.4, 0.5) is 17.1 Å². The van der Waals surface area contributed by atoms with Crippen LogP contribution in [-0.2, 0) is 0 Å². The first kappa shape index (κ1) is 24.3. The Labute approximate surface area is 256 Å². The monoisotopic (exact) mass is 577 g/mol. The fourth-order valence-corrected chi connectivity index (χ4v) is 6.93. The van der Waals surface area contributed by atoms with Crippen molar-refractivity contribution in [2.45, 2.75) is 0 Å². The lowest BCUT2D eigenvalue weighted by molar-refractivity contribution is 0.668. The maximum atomic E-state index is 6.35. The minimum atomic E-state index is 0.774. The van der Waals surface area contributed by atoms with E-state index in [-0.39, 0.29) is 0 Å². The van der Waals surface area contributed by atoms with Crippen LogP contribution in [0.2, 0.25) is 0 Å². The minimum absolute atomic E-state index is 0.774. The smallest absolute Gasteiger partial charge is 0.153 e. The number of pyridine rings is 2. The second-order valence-corrected chi connectivity index (χ2v) is 11.4. The lowest BCUT2D eigenvalue weighted by atomic mass is 9.95. The Balaban J connectivity index is 1.31. The Morgan fingerprint density at radius 1 is 0.444 bits per heavy atom. The maximum absolute atomic E-state index is 6.35. The van der Waals surface area contributed by atoms with Gasteiger partial charge in [-0.2, -0.15) is 0 Å². The van der Waals surface area contributed by atoms with Crippen LogP contribution in [0.25, 0.3) is 76.3 Å². The Hall–Kier alpha value is -6.20. The van der Waals surface area contributed by atoms with Gasteiger partial charge in [0.05, 0.1) is 5.69 Å². The Kier molecular flexibility index (Phi) is 4.93. The molecule has 0 bridgehead atoms. The zero-order valence-corrected chi connectivity index (χ0v) is 23.9. The zero-order valence-electron chi connectivity index (χ0n) is 23.9. The predicted molar refractivity (Wildman–Crippen MR) is 184 cm³/mol. The molecule has 45 heavy (non-hydrogen) atoms. The van der Waals surface area contributed by atoms with Crippen LogP contribution in [-0.4, -0.2) is 9.97 Å². The van der Waals surface area contributed by atoms with Crippen molar-refractivity contribution >= 4 is 93.4 Å². The van der Waals surface area contributed by atoms with E-state index in [1.807, 2.05) is 24.4 Å². The molecule has 4 aromatic heterocycles. The van der Waals surface area contributed by atoms with Gasteiger partial charge in [-0.3, -0.25) is 9.97 Å². The SMILES string of the molecule is c1ccc2c(c1)ccc1c3ccccc3c(N(c3ccc4c(c3)oc3ccncc34)c3ccc4c(c3)oc3cccnc34)cc21. The van der Waals surface area contributed by atoms with E-state index in [1.54, 1.807) is 12.4 Å². The van der Waals surface area contributed by atoms with Crippen LogP contribution in [0.3, 0.4) is 0 Å². The summed E-state index contributed by atoms with van der Waals surface area (Å²) in [5.74, 6) is 0. The van der Waals surface area contributed by atoms with Crippen molar-refractivity contribution in [1.29, 1.82) is 0 Å². The molecular formula is C40H23N3O2. The van der Waals surface area contributed by atoms with Gasteiger partial charge in [-0.25, -0.2) is 0 Å². The summed E-state index contributed by atoms with van der Waals surface area (Å²) < 4.78 is 12.7. The van der Waals surface area contributed by atoms with Crippen LogP contribution in [0, 0.1) is 0 Å². The van der Waals surface area contributed by atoms with Gasteiger partial charge in [0, 0.05) is 63.6 Å². The van der Waals surface area contributed by atoms with E-state index in [4.69, 9.17) is 8.83 Å². The van der Waals surface area contributed by atoms with Crippen LogP contribution in [0.15, 0.2) is 149 Å². The fraction of sp³-hybridized carbons (Fsp3) is 0. The average Bonchev–Trinajstić information content (AvgIpc) is 3.66. The van der Waals surface area contributed by atoms with E-state index in [9.17, 15) is 0 Å². The fourth-order valence-electron chi connectivity index (χ4n) is 6.93. The topological polar surface area (TPSA) is 55.3 Å². The Morgan fingerprint density at radius 2 is 1.16 bits per heavy atom. The van der Waals surface area contributed by atoms with E-state index in [2.05, 4.69) is 118 Å². The summed E-state index contributed by atoms with van der Waals surface area (Å²) in [6.07, 6.45) is 5.44. The van der Waals surface area contributed by atoms with Gasteiger partial charge in [-0.15, -0.1) is 0 Å². The molecule has 0 unspecified atom stereocenters. The molecule has 4 heterocycles. The van der Waals surface area contributed by atoms with Gasteiger partial charge >= 0.3 is 0 Å². The molecule has 0 saturated heterocycles. The number of nitrogens with zero attached hydrogens (tertiary/aromatic N) is 3. The third-order valence-corrected chi connectivity index (χ3v) is 8.97. The van der Waals surface area contributed by atoms with Crippen LogP contribution in [0.5, 0.6) is 0 Å². The molecule has 0 radical (unpaired) electrons. The van der Waals surface area contributed by atoms with E-state index < -0.39 is 0 Å². The molecule has 0 saturated carbocycles. The number of furan rings is 2. The highest BCUT2D eigenvalue weighted by Crippen LogP contribution is 2.45. The van der Waals surface area contributed by atoms with Crippen molar-refractivity contribution < 1.29 is 8.83 Å². The molecule has 0 fully saturated rings. The Bertz CT molecular complexity index is 2680. The van der Waals surface area contributed by atoms with Crippen molar-refractivity contribution in [3.05, 3.63) is 140 Å². The highest BCUT2D eigenvalue weighted by Gasteiger charge is 2.21. The van der Waals surface area contributed by atoms with Gasteiger partial charge < -0.3 is 13.7 Å². The summed E-state index contributed by atoms with van der Waals surface area (Å²) in [5.41, 5.74) is 7.09. The van der Waals surface area contributed by atoms with E-state index >= 15 is 0 Å². The summed E-state index contributed by atoms with van der Waals surface area (Å²) in [4.78, 5) is 11.2. The Morgan fingerprint density at radius 3 is 2.04 bits per heavy atom. The third kappa shape index (κ3) is 3.55. The van der Waals surface area contributed by atoms with Crippen molar-refractivity contribution in [2.75, 3.05) is 4.90 Å². The number of hydrogen-bond acceptors (Lipinski definition) is 5. The summed E-state index contributed by atoms with van der Waals surface area (Å²) >= 11 is 0. The zero-order chi connectivity index (χ0) is 29.5. The molecule has 0 aliphatic heterocycles. The number of anilines is 3. The molecular weight excluding hydrogens is 554 g/mol. The lowest BCUT2D eigenvalue weighted by Gasteiger charge is -2.27. The van der Waals surface area contributed by atoms with Gasteiger partial charge in [0.25, 0.3) is 0 Å². The molecule has 0 amide bonds. The minimum Gasteiger partial charge on any atom is -0.456 e. The van der Waals surface area contributed by atoms with Gasteiger partial charge in [0.15, 0.2) is 5.58 Å². The number of aromatic nitrogens is 2. The first-order valence-electron chi connectivity index (χ1n) is 15.0. The molecule has 0 aliphatic rings. The van der Waals surface area contributed by atoms with Gasteiger partial charge in [0.1, 0.15) is 22.3 Å². The second kappa shape index (κ2) is 9.15. The molecule has 5 heteroatoms. The van der Waals surface area contributed by atoms with Crippen molar-refractivity contribution in [1.82, 2.24) is 9.97 Å². The molecule has 10 aromatic rings. The van der Waals surface area contributed by atoms with Crippen LogP contribution < -0.4 is 4.90 Å². The number of hydrogen-bond donors (Lipinski definition) is 0. The van der Waals surface area contributed by atoms with Crippen LogP contribution in [0.1, 0.15) is 0 Å². The summed E-state index contributed by atoms with van der Waals surface area (Å²) in [6, 6.07) is 42.6. The van der Waals surface area contributed by atoms with Gasteiger partial charge in [0.2, 0.25) is 0 Å². The molecule has 0 spiro atoms. The molecule has 5 nitrogen and oxygen atoms in total. The maximum Gasteiger partial charge on any atom is 0.153 e. The average molecular weight is 578 g/mol. The first-order valence-corrected chi connectivity index (χ1v) is 15.0. The largest absolute Gasteiger partial charge is 0.456 e. The first-order chi connectivity index (χ1) is 22.3. The van der Waals surface area contributed by atoms with Gasteiger partial charge in [-0.05, 0) is 75.5 Å². The molecule has 0 N–H and O–H groups in total. The quantitative estimate of drug-likeness (QED) is 0.196. The standard InChI is InChI=1S/C40H23N3O2/c1-2-7-27-24(6-1)11-14-29-28-8-3-4-9-30(28)35(22-33(27)29)43(25-12-15-31-34-23-41-19-17-36(34)44-38(31)20-25)26-13-16-32-39(21-26)45-37-10-5-18-42-40(32)37/h1-23H. The van der Waals surface area contributed by atoms with E-state index in [1.165, 1.54) is 26.9 Å². The number of benzene rings is 6. The molecule has 6 aromatic carbocycles. The van der Waals surface area contributed by atoms with Crippen molar-refractivity contribution in [2.24, 2.45) is 0 Å². The number of fused-ring (bicyclic) bond motifs is 11. The van der Waals surface area contributed by atoms with E-state index in [0.717, 1.165) is 66.5 Å². The summed E-state index contributed by atoms with van der Waals surface area (Å²) in [6.45, 7) is 0. The van der Waals surface area contributed by atoms with Crippen molar-refractivity contribution in [3.8, 4) is 0 Å². The highest BCUT2D eigenvalue weighted by molar-refractivity contribution is 6.21. The second-order valence-electron chi connectivity index (χ2n) is 11.4. The van der Waals surface area contributed by atoms with Gasteiger partial charge in [-0.1, -0.05) is 60.7 Å². The molecule has 0 aliphatic carbocycles. The normalized spacial score (nSPS) is 12.0. The van der Waals surface area contributed by atoms with Crippen molar-refractivity contribution in [3.63, 3.8) is 0 Å². The lowest BCUT2D eigenvalue weighted by Crippen LogP contribution is -2.10. The third-order valence-electron chi connectivity index (χ3n) is 8.97. The van der Waals surface area contributed by atoms with E-state index in [0.29, 0.717) is 0 Å². The predicted octanol–water partition coefficient (Wildman–Crippen LogP) is 11.2. The highest BCUT2D eigenvalue weighted by atomic mass is 16.3. The molecule has 10 rings (SSSR count). The van der Waals surface area contributed by atoms with Crippen LogP contribution >= 0.6 is 0 Å². The summed E-state index contributed by atoms with van der Waals surface area (Å²) in [5, 5.41) is 10.3. The molecule has 0 atom stereocenters. The molecule has 210 valence electrons. The number of rotatable bonds is 3. The summed E-state index contributed by atoms with van der Waals surface area (Å²) in [7, 11) is 0.